The summed E-state index contributed by atoms with van der Waals surface area (Å²) < 4.78 is 32.2. The summed E-state index contributed by atoms with van der Waals surface area (Å²) in [7, 11) is -2.06. The van der Waals surface area contributed by atoms with Crippen molar-refractivity contribution in [2.45, 2.75) is 17.9 Å². The van der Waals surface area contributed by atoms with E-state index >= 15 is 0 Å². The molecule has 0 aromatic heterocycles. The van der Waals surface area contributed by atoms with Gasteiger partial charge in [-0.15, -0.1) is 0 Å². The van der Waals surface area contributed by atoms with Gasteiger partial charge >= 0.3 is 0 Å². The molecule has 6 heteroatoms. The number of carbonyl (C=O) groups excluding carboxylic acids is 1. The number of rotatable bonds is 7. The molecule has 32 heavy (non-hydrogen) atoms. The van der Waals surface area contributed by atoms with E-state index in [9.17, 15) is 13.2 Å². The molecule has 4 aromatic carbocycles. The van der Waals surface area contributed by atoms with E-state index in [1.807, 2.05) is 30.3 Å². The van der Waals surface area contributed by atoms with Gasteiger partial charge in [0.15, 0.2) is 0 Å². The van der Waals surface area contributed by atoms with Crippen LogP contribution < -0.4 is 9.46 Å². The minimum atomic E-state index is -3.72. The Morgan fingerprint density at radius 1 is 0.750 bits per heavy atom. The highest BCUT2D eigenvalue weighted by molar-refractivity contribution is 7.89. The molecule has 1 N–H and O–H groups in total. The first-order valence-electron chi connectivity index (χ1n) is 10.2. The van der Waals surface area contributed by atoms with Gasteiger partial charge in [0.2, 0.25) is 10.0 Å². The number of sulfonamides is 1. The summed E-state index contributed by atoms with van der Waals surface area (Å²) in [6, 6.07) is 26.3. The summed E-state index contributed by atoms with van der Waals surface area (Å²) >= 11 is 0. The minimum absolute atomic E-state index is 0.124. The van der Waals surface area contributed by atoms with E-state index in [0.29, 0.717) is 6.29 Å². The molecule has 0 unspecified atom stereocenters. The highest BCUT2D eigenvalue weighted by atomic mass is 32.2. The second-order valence-corrected chi connectivity index (χ2v) is 9.29. The molecule has 162 valence electrons. The molecule has 0 aliphatic rings. The van der Waals surface area contributed by atoms with Gasteiger partial charge in [-0.1, -0.05) is 54.6 Å². The zero-order valence-electron chi connectivity index (χ0n) is 17.8. The van der Waals surface area contributed by atoms with Crippen LogP contribution in [0.4, 0.5) is 0 Å². The summed E-state index contributed by atoms with van der Waals surface area (Å²) in [6.07, 6.45) is 0.555. The second kappa shape index (κ2) is 8.94. The van der Waals surface area contributed by atoms with Gasteiger partial charge in [0, 0.05) is 0 Å². The minimum Gasteiger partial charge on any atom is -0.497 e. The molecular weight excluding hydrogens is 422 g/mol. The molecule has 0 aliphatic carbocycles. The van der Waals surface area contributed by atoms with Crippen molar-refractivity contribution in [3.63, 3.8) is 0 Å². The van der Waals surface area contributed by atoms with Crippen molar-refractivity contribution in [2.75, 3.05) is 7.11 Å². The molecule has 4 aromatic rings. The predicted octanol–water partition coefficient (Wildman–Crippen LogP) is 5.05. The fraction of sp³-hybridized carbons (Fsp3) is 0.115. The normalized spacial score (nSPS) is 12.4. The molecule has 0 saturated heterocycles. The highest BCUT2D eigenvalue weighted by Gasteiger charge is 2.16. The van der Waals surface area contributed by atoms with Crippen molar-refractivity contribution in [1.82, 2.24) is 4.72 Å². The summed E-state index contributed by atoms with van der Waals surface area (Å²) in [5, 5.41) is 2.26. The van der Waals surface area contributed by atoms with Crippen LogP contribution in [0.5, 0.6) is 5.75 Å². The molecule has 0 heterocycles. The van der Waals surface area contributed by atoms with Crippen LogP contribution in [-0.4, -0.2) is 27.9 Å². The first-order chi connectivity index (χ1) is 15.4. The molecular formula is C26H23NO4S. The number of benzene rings is 4. The maximum absolute atomic E-state index is 12.3. The number of carbonyl (C=O) groups is 1. The third-order valence-electron chi connectivity index (χ3n) is 5.31. The van der Waals surface area contributed by atoms with E-state index in [4.69, 9.17) is 4.74 Å². The summed E-state index contributed by atoms with van der Waals surface area (Å²) in [5.41, 5.74) is 4.10. The van der Waals surface area contributed by atoms with Crippen LogP contribution in [-0.2, 0) is 14.8 Å². The molecule has 0 spiro atoms. The number of nitrogens with one attached hydrogen (secondary N) is 1. The fourth-order valence-electron chi connectivity index (χ4n) is 3.55. The van der Waals surface area contributed by atoms with Gasteiger partial charge in [-0.2, -0.15) is 0 Å². The van der Waals surface area contributed by atoms with Crippen molar-refractivity contribution in [3.05, 3.63) is 84.9 Å². The molecule has 4 rings (SSSR count). The number of methoxy groups -OCH3 is 1. The van der Waals surface area contributed by atoms with Crippen molar-refractivity contribution >= 4 is 27.1 Å². The number of fused-ring (bicyclic) bond motifs is 1. The zero-order chi connectivity index (χ0) is 22.7. The average molecular weight is 446 g/mol. The fourth-order valence-corrected chi connectivity index (χ4v) is 4.73. The maximum Gasteiger partial charge on any atom is 0.241 e. The predicted molar refractivity (Wildman–Crippen MR) is 127 cm³/mol. The van der Waals surface area contributed by atoms with Gasteiger partial charge in [-0.3, -0.25) is 0 Å². The Hall–Kier alpha value is -3.48. The van der Waals surface area contributed by atoms with Gasteiger partial charge in [0.1, 0.15) is 12.0 Å². The lowest BCUT2D eigenvalue weighted by Crippen LogP contribution is -2.33. The van der Waals surface area contributed by atoms with Crippen LogP contribution in [0.2, 0.25) is 0 Å². The first-order valence-corrected chi connectivity index (χ1v) is 11.6. The van der Waals surface area contributed by atoms with Gasteiger partial charge in [0.25, 0.3) is 0 Å². The molecule has 0 radical (unpaired) electrons. The molecule has 0 fully saturated rings. The van der Waals surface area contributed by atoms with Gasteiger partial charge in [0.05, 0.1) is 18.0 Å². The largest absolute Gasteiger partial charge is 0.497 e. The lowest BCUT2D eigenvalue weighted by Gasteiger charge is -2.10. The third kappa shape index (κ3) is 4.56. The Morgan fingerprint density at radius 2 is 1.25 bits per heavy atom. The molecule has 0 saturated carbocycles. The average Bonchev–Trinajstić information content (AvgIpc) is 2.83. The van der Waals surface area contributed by atoms with Crippen LogP contribution >= 0.6 is 0 Å². The van der Waals surface area contributed by atoms with Crippen molar-refractivity contribution in [1.29, 1.82) is 0 Å². The Bertz CT molecular complexity index is 1360. The highest BCUT2D eigenvalue weighted by Crippen LogP contribution is 2.29. The van der Waals surface area contributed by atoms with E-state index in [-0.39, 0.29) is 4.90 Å². The molecule has 0 aliphatic heterocycles. The van der Waals surface area contributed by atoms with Gasteiger partial charge in [-0.05, 0) is 70.3 Å². The number of hydrogen-bond donors (Lipinski definition) is 1. The lowest BCUT2D eigenvalue weighted by atomic mass is 9.98. The van der Waals surface area contributed by atoms with E-state index in [1.165, 1.54) is 6.92 Å². The number of hydrogen-bond acceptors (Lipinski definition) is 4. The number of aldehydes is 1. The van der Waals surface area contributed by atoms with Gasteiger partial charge in [-0.25, -0.2) is 13.1 Å². The smallest absolute Gasteiger partial charge is 0.241 e. The van der Waals surface area contributed by atoms with Crippen molar-refractivity contribution in [3.8, 4) is 28.0 Å². The molecule has 5 nitrogen and oxygen atoms in total. The lowest BCUT2D eigenvalue weighted by molar-refractivity contribution is -0.108. The molecule has 0 amide bonds. The standard InChI is InChI=1S/C26H23NO4S/c1-18(17-28)27-32(29,30)26-13-10-20(11-14-26)19-3-5-21(6-4-19)22-7-8-24-16-25(31-2)12-9-23(24)15-22/h3-18,27H,1-2H3/t18-/m0/s1. The monoisotopic (exact) mass is 445 g/mol. The van der Waals surface area contributed by atoms with Crippen LogP contribution in [0.3, 0.4) is 0 Å². The quantitative estimate of drug-likeness (QED) is 0.404. The van der Waals surface area contributed by atoms with Crippen LogP contribution in [0.25, 0.3) is 33.0 Å². The van der Waals surface area contributed by atoms with Crippen LogP contribution in [0.15, 0.2) is 89.8 Å². The molecule has 1 atom stereocenters. The summed E-state index contributed by atoms with van der Waals surface area (Å²) in [4.78, 5) is 10.9. The van der Waals surface area contributed by atoms with Crippen molar-refractivity contribution in [2.24, 2.45) is 0 Å². The van der Waals surface area contributed by atoms with Crippen LogP contribution in [0, 0.1) is 0 Å². The Balaban J connectivity index is 1.56. The van der Waals surface area contributed by atoms with E-state index in [1.54, 1.807) is 31.4 Å². The van der Waals surface area contributed by atoms with Gasteiger partial charge < -0.3 is 9.53 Å². The van der Waals surface area contributed by atoms with Crippen molar-refractivity contribution < 1.29 is 17.9 Å². The third-order valence-corrected chi connectivity index (χ3v) is 6.88. The maximum atomic E-state index is 12.3. The summed E-state index contributed by atoms with van der Waals surface area (Å²) in [6.45, 7) is 1.49. The number of ether oxygens (including phenoxy) is 1. The Kier molecular flexibility index (Phi) is 6.08. The van der Waals surface area contributed by atoms with Crippen LogP contribution in [0.1, 0.15) is 6.92 Å². The second-order valence-electron chi connectivity index (χ2n) is 7.58. The SMILES string of the molecule is COc1ccc2cc(-c3ccc(-c4ccc(S(=O)(=O)N[C@@H](C)C=O)cc4)cc3)ccc2c1. The molecule has 0 bridgehead atoms. The Labute approximate surface area is 187 Å². The van der Waals surface area contributed by atoms with E-state index in [0.717, 1.165) is 38.8 Å². The topological polar surface area (TPSA) is 72.5 Å². The first kappa shape index (κ1) is 21.7. The zero-order valence-corrected chi connectivity index (χ0v) is 18.6. The summed E-state index contributed by atoms with van der Waals surface area (Å²) in [5.74, 6) is 0.836. The van der Waals surface area contributed by atoms with E-state index < -0.39 is 16.1 Å². The van der Waals surface area contributed by atoms with E-state index in [2.05, 4.69) is 35.1 Å². The Morgan fingerprint density at radius 3 is 1.84 bits per heavy atom.